The summed E-state index contributed by atoms with van der Waals surface area (Å²) in [6.45, 7) is 0.270. The van der Waals surface area contributed by atoms with E-state index in [1.807, 2.05) is 0 Å². The van der Waals surface area contributed by atoms with Gasteiger partial charge in [0.15, 0.2) is 11.6 Å². The fourth-order valence-electron chi connectivity index (χ4n) is 2.17. The van der Waals surface area contributed by atoms with E-state index in [0.29, 0.717) is 12.1 Å². The SMILES string of the molecule is CS(=O)(=O)NCC1COCCN1C(=O)Nc1cc(F)cc(F)c1F. The van der Waals surface area contributed by atoms with E-state index in [2.05, 4.69) is 10.0 Å². The number of amides is 2. The average molecular weight is 367 g/mol. The summed E-state index contributed by atoms with van der Waals surface area (Å²) in [6, 6.07) is -0.448. The molecule has 2 rings (SSSR count). The normalized spacial score (nSPS) is 18.5. The van der Waals surface area contributed by atoms with Crippen LogP contribution in [-0.2, 0) is 14.8 Å². The zero-order chi connectivity index (χ0) is 17.9. The van der Waals surface area contributed by atoms with Gasteiger partial charge in [-0.05, 0) is 0 Å². The Labute approximate surface area is 136 Å². The molecule has 1 fully saturated rings. The van der Waals surface area contributed by atoms with Gasteiger partial charge in [0.25, 0.3) is 0 Å². The van der Waals surface area contributed by atoms with E-state index >= 15 is 0 Å². The number of nitrogens with one attached hydrogen (secondary N) is 2. The average Bonchev–Trinajstić information content (AvgIpc) is 2.49. The number of ether oxygens (including phenoxy) is 1. The van der Waals surface area contributed by atoms with E-state index < -0.39 is 45.2 Å². The Kier molecular flexibility index (Phi) is 5.67. The zero-order valence-corrected chi connectivity index (χ0v) is 13.5. The first-order valence-corrected chi connectivity index (χ1v) is 8.81. The molecule has 0 bridgehead atoms. The van der Waals surface area contributed by atoms with Gasteiger partial charge in [0.1, 0.15) is 5.82 Å². The summed E-state index contributed by atoms with van der Waals surface area (Å²) >= 11 is 0. The number of rotatable bonds is 4. The number of carbonyl (C=O) groups is 1. The lowest BCUT2D eigenvalue weighted by Gasteiger charge is -2.35. The highest BCUT2D eigenvalue weighted by molar-refractivity contribution is 7.88. The number of urea groups is 1. The number of anilines is 1. The Morgan fingerprint density at radius 2 is 2.08 bits per heavy atom. The minimum atomic E-state index is -3.47. The van der Waals surface area contributed by atoms with Crippen LogP contribution in [-0.4, -0.2) is 57.9 Å². The number of carbonyl (C=O) groups excluding carboxylic acids is 1. The number of benzene rings is 1. The third-order valence-electron chi connectivity index (χ3n) is 3.30. The van der Waals surface area contributed by atoms with E-state index in [9.17, 15) is 26.4 Å². The van der Waals surface area contributed by atoms with Crippen LogP contribution in [0.3, 0.4) is 0 Å². The van der Waals surface area contributed by atoms with Gasteiger partial charge < -0.3 is 15.0 Å². The molecule has 0 radical (unpaired) electrons. The molecule has 0 spiro atoms. The first kappa shape index (κ1) is 18.5. The smallest absolute Gasteiger partial charge is 0.322 e. The van der Waals surface area contributed by atoms with Crippen LogP contribution in [0.1, 0.15) is 0 Å². The fraction of sp³-hybridized carbons (Fsp3) is 0.462. The van der Waals surface area contributed by atoms with Crippen LogP contribution < -0.4 is 10.0 Å². The molecule has 24 heavy (non-hydrogen) atoms. The molecule has 1 unspecified atom stereocenters. The topological polar surface area (TPSA) is 87.7 Å². The molecule has 1 aromatic carbocycles. The molecule has 0 saturated carbocycles. The minimum absolute atomic E-state index is 0.0654. The van der Waals surface area contributed by atoms with E-state index in [0.717, 1.165) is 6.26 Å². The van der Waals surface area contributed by atoms with Gasteiger partial charge in [0.05, 0.1) is 31.2 Å². The van der Waals surface area contributed by atoms with Crippen LogP contribution in [0.25, 0.3) is 0 Å². The summed E-state index contributed by atoms with van der Waals surface area (Å²) in [5.74, 6) is -3.85. The summed E-state index contributed by atoms with van der Waals surface area (Å²) in [5, 5.41) is 2.09. The molecule has 1 aliphatic heterocycles. The molecule has 2 N–H and O–H groups in total. The molecule has 134 valence electrons. The lowest BCUT2D eigenvalue weighted by atomic mass is 10.2. The van der Waals surface area contributed by atoms with Crippen LogP contribution in [0, 0.1) is 17.5 Å². The standard InChI is InChI=1S/C13H16F3N3O4S/c1-24(21,22)17-6-9-7-23-3-2-19(9)13(20)18-11-5-8(14)4-10(15)12(11)16/h4-5,9,17H,2-3,6-7H2,1H3,(H,18,20). The molecule has 0 aliphatic carbocycles. The van der Waals surface area contributed by atoms with Crippen molar-refractivity contribution in [3.05, 3.63) is 29.6 Å². The number of sulfonamides is 1. The molecule has 2 amide bonds. The zero-order valence-electron chi connectivity index (χ0n) is 12.7. The highest BCUT2D eigenvalue weighted by atomic mass is 32.2. The van der Waals surface area contributed by atoms with Gasteiger partial charge >= 0.3 is 6.03 Å². The van der Waals surface area contributed by atoms with Gasteiger partial charge in [0, 0.05) is 25.2 Å². The number of hydrogen-bond acceptors (Lipinski definition) is 4. The van der Waals surface area contributed by atoms with Crippen molar-refractivity contribution in [1.29, 1.82) is 0 Å². The Hall–Kier alpha value is -1.85. The molecule has 0 aromatic heterocycles. The van der Waals surface area contributed by atoms with Crippen molar-refractivity contribution in [2.24, 2.45) is 0 Å². The first-order chi connectivity index (χ1) is 11.2. The quantitative estimate of drug-likeness (QED) is 0.774. The maximum absolute atomic E-state index is 13.6. The van der Waals surface area contributed by atoms with Gasteiger partial charge in [-0.25, -0.2) is 31.1 Å². The monoisotopic (exact) mass is 367 g/mol. The number of hydrogen-bond donors (Lipinski definition) is 2. The molecular formula is C13H16F3N3O4S. The maximum Gasteiger partial charge on any atom is 0.322 e. The summed E-state index contributed by atoms with van der Waals surface area (Å²) in [6.07, 6.45) is 0.964. The molecule has 1 aromatic rings. The Bertz CT molecular complexity index is 729. The molecule has 1 saturated heterocycles. The lowest BCUT2D eigenvalue weighted by molar-refractivity contribution is 0.0176. The van der Waals surface area contributed by atoms with Crippen molar-refractivity contribution in [2.45, 2.75) is 6.04 Å². The number of halogens is 3. The molecule has 7 nitrogen and oxygen atoms in total. The van der Waals surface area contributed by atoms with Gasteiger partial charge in [-0.15, -0.1) is 0 Å². The Morgan fingerprint density at radius 1 is 1.38 bits per heavy atom. The third-order valence-corrected chi connectivity index (χ3v) is 4.00. The summed E-state index contributed by atoms with van der Waals surface area (Å²) in [5.41, 5.74) is -0.640. The first-order valence-electron chi connectivity index (χ1n) is 6.92. The lowest BCUT2D eigenvalue weighted by Crippen LogP contribution is -2.54. The van der Waals surface area contributed by atoms with E-state index in [1.165, 1.54) is 4.90 Å². The van der Waals surface area contributed by atoms with Crippen molar-refractivity contribution >= 4 is 21.7 Å². The van der Waals surface area contributed by atoms with Crippen LogP contribution in [0.15, 0.2) is 12.1 Å². The second-order valence-electron chi connectivity index (χ2n) is 5.22. The molecular weight excluding hydrogens is 351 g/mol. The van der Waals surface area contributed by atoms with Crippen LogP contribution >= 0.6 is 0 Å². The summed E-state index contributed by atoms with van der Waals surface area (Å²) < 4.78 is 69.7. The molecule has 1 aliphatic rings. The minimum Gasteiger partial charge on any atom is -0.377 e. The van der Waals surface area contributed by atoms with E-state index in [4.69, 9.17) is 4.74 Å². The molecule has 1 atom stereocenters. The predicted molar refractivity (Wildman–Crippen MR) is 79.5 cm³/mol. The summed E-state index contributed by atoms with van der Waals surface area (Å²) in [4.78, 5) is 13.5. The molecule has 1 heterocycles. The number of morpholine rings is 1. The maximum atomic E-state index is 13.6. The largest absolute Gasteiger partial charge is 0.377 e. The Balaban J connectivity index is 2.11. The van der Waals surface area contributed by atoms with Crippen LogP contribution in [0.4, 0.5) is 23.7 Å². The van der Waals surface area contributed by atoms with Crippen molar-refractivity contribution in [3.63, 3.8) is 0 Å². The van der Waals surface area contributed by atoms with Crippen molar-refractivity contribution in [1.82, 2.24) is 9.62 Å². The predicted octanol–water partition coefficient (Wildman–Crippen LogP) is 0.886. The van der Waals surface area contributed by atoms with E-state index in [-0.39, 0.29) is 26.3 Å². The van der Waals surface area contributed by atoms with Crippen LogP contribution in [0.5, 0.6) is 0 Å². The third kappa shape index (κ3) is 4.82. The highest BCUT2D eigenvalue weighted by Crippen LogP contribution is 2.20. The second kappa shape index (κ2) is 7.36. The van der Waals surface area contributed by atoms with Gasteiger partial charge in [-0.1, -0.05) is 0 Å². The van der Waals surface area contributed by atoms with Crippen LogP contribution in [0.2, 0.25) is 0 Å². The van der Waals surface area contributed by atoms with Gasteiger partial charge in [0.2, 0.25) is 10.0 Å². The number of nitrogens with zero attached hydrogens (tertiary/aromatic N) is 1. The fourth-order valence-corrected chi connectivity index (χ4v) is 2.67. The summed E-state index contributed by atoms with van der Waals surface area (Å²) in [7, 11) is -3.47. The Morgan fingerprint density at radius 3 is 2.75 bits per heavy atom. The van der Waals surface area contributed by atoms with Gasteiger partial charge in [-0.3, -0.25) is 0 Å². The van der Waals surface area contributed by atoms with Crippen molar-refractivity contribution in [2.75, 3.05) is 37.9 Å². The van der Waals surface area contributed by atoms with Gasteiger partial charge in [-0.2, -0.15) is 0 Å². The van der Waals surface area contributed by atoms with E-state index in [1.54, 1.807) is 0 Å². The molecule has 11 heteroatoms. The second-order valence-corrected chi connectivity index (χ2v) is 7.06. The van der Waals surface area contributed by atoms with Crippen molar-refractivity contribution < 1.29 is 31.1 Å². The highest BCUT2D eigenvalue weighted by Gasteiger charge is 2.29. The van der Waals surface area contributed by atoms with Crippen molar-refractivity contribution in [3.8, 4) is 0 Å².